The summed E-state index contributed by atoms with van der Waals surface area (Å²) in [6.45, 7) is 5.76. The van der Waals surface area contributed by atoms with E-state index in [-0.39, 0.29) is 18.4 Å². The molecule has 6 heteroatoms. The minimum atomic E-state index is -0.547. The zero-order valence-electron chi connectivity index (χ0n) is 12.3. The molecule has 1 unspecified atom stereocenters. The first kappa shape index (κ1) is 15.2. The van der Waals surface area contributed by atoms with E-state index in [1.165, 1.54) is 0 Å². The number of carbonyl (C=O) groups excluding carboxylic acids is 1. The molecule has 0 spiro atoms. The molecular formula is C15H19N3O3. The summed E-state index contributed by atoms with van der Waals surface area (Å²) in [6.07, 6.45) is -0.547. The van der Waals surface area contributed by atoms with Crippen molar-refractivity contribution in [1.82, 2.24) is 15.5 Å². The van der Waals surface area contributed by atoms with Gasteiger partial charge < -0.3 is 14.8 Å². The number of amides is 1. The van der Waals surface area contributed by atoms with Crippen molar-refractivity contribution in [2.45, 2.75) is 26.9 Å². The molecule has 6 nitrogen and oxygen atoms in total. The zero-order chi connectivity index (χ0) is 15.4. The molecule has 112 valence electrons. The van der Waals surface area contributed by atoms with E-state index < -0.39 is 6.10 Å². The molecule has 0 saturated carbocycles. The van der Waals surface area contributed by atoms with Crippen LogP contribution in [0.5, 0.6) is 0 Å². The molecule has 2 rings (SSSR count). The van der Waals surface area contributed by atoms with Gasteiger partial charge in [-0.15, -0.1) is 10.2 Å². The fourth-order valence-electron chi connectivity index (χ4n) is 1.71. The average molecular weight is 289 g/mol. The Morgan fingerprint density at radius 3 is 2.48 bits per heavy atom. The second kappa shape index (κ2) is 6.49. The summed E-state index contributed by atoms with van der Waals surface area (Å²) in [6, 6.07) is 6.87. The molecule has 0 fully saturated rings. The first-order valence-electron chi connectivity index (χ1n) is 6.84. The number of nitrogens with zero attached hydrogens (tertiary/aromatic N) is 2. The Morgan fingerprint density at radius 1 is 1.29 bits per heavy atom. The Bertz CT molecular complexity index is 605. The zero-order valence-corrected chi connectivity index (χ0v) is 12.3. The van der Waals surface area contributed by atoms with Crippen LogP contribution in [0.1, 0.15) is 30.1 Å². The fraction of sp³-hybridized carbons (Fsp3) is 0.400. The molecule has 21 heavy (non-hydrogen) atoms. The SMILES string of the molecule is Cc1nnc(-c2ccc(C(=O)NCC(O)C(C)C)cc2)o1. The maximum atomic E-state index is 12.0. The maximum absolute atomic E-state index is 12.0. The number of carbonyl (C=O) groups is 1. The van der Waals surface area contributed by atoms with E-state index in [0.717, 1.165) is 5.56 Å². The highest BCUT2D eigenvalue weighted by atomic mass is 16.4. The highest BCUT2D eigenvalue weighted by Crippen LogP contribution is 2.18. The summed E-state index contributed by atoms with van der Waals surface area (Å²) in [5.74, 6) is 0.806. The Labute approximate surface area is 123 Å². The van der Waals surface area contributed by atoms with Crippen LogP contribution >= 0.6 is 0 Å². The van der Waals surface area contributed by atoms with Crippen LogP contribution in [0.15, 0.2) is 28.7 Å². The number of aliphatic hydroxyl groups is 1. The second-order valence-electron chi connectivity index (χ2n) is 5.22. The Balaban J connectivity index is 2.00. The molecule has 1 heterocycles. The molecule has 1 amide bonds. The molecule has 1 aromatic carbocycles. The van der Waals surface area contributed by atoms with E-state index in [4.69, 9.17) is 4.42 Å². The normalized spacial score (nSPS) is 12.4. The molecule has 0 aliphatic rings. The lowest BCUT2D eigenvalue weighted by molar-refractivity contribution is 0.0871. The first-order valence-corrected chi connectivity index (χ1v) is 6.84. The van der Waals surface area contributed by atoms with E-state index in [2.05, 4.69) is 15.5 Å². The van der Waals surface area contributed by atoms with Crippen LogP contribution in [0.3, 0.4) is 0 Å². The third-order valence-corrected chi connectivity index (χ3v) is 3.16. The van der Waals surface area contributed by atoms with Crippen LogP contribution in [0, 0.1) is 12.8 Å². The van der Waals surface area contributed by atoms with Gasteiger partial charge in [-0.3, -0.25) is 4.79 Å². The van der Waals surface area contributed by atoms with Crippen molar-refractivity contribution in [2.75, 3.05) is 6.54 Å². The smallest absolute Gasteiger partial charge is 0.251 e. The number of hydrogen-bond acceptors (Lipinski definition) is 5. The van der Waals surface area contributed by atoms with Crippen LogP contribution < -0.4 is 5.32 Å². The van der Waals surface area contributed by atoms with E-state index in [1.54, 1.807) is 31.2 Å². The molecule has 0 saturated heterocycles. The predicted octanol–water partition coefficient (Wildman–Crippen LogP) is 1.79. The quantitative estimate of drug-likeness (QED) is 0.876. The number of aryl methyl sites for hydroxylation is 1. The van der Waals surface area contributed by atoms with Gasteiger partial charge in [-0.25, -0.2) is 0 Å². The monoisotopic (exact) mass is 289 g/mol. The highest BCUT2D eigenvalue weighted by Gasteiger charge is 2.12. The molecule has 0 aliphatic heterocycles. The Kier molecular flexibility index (Phi) is 4.70. The van der Waals surface area contributed by atoms with E-state index >= 15 is 0 Å². The van der Waals surface area contributed by atoms with Crippen LogP contribution in [0.4, 0.5) is 0 Å². The first-order chi connectivity index (χ1) is 9.97. The van der Waals surface area contributed by atoms with Gasteiger partial charge in [0.2, 0.25) is 11.8 Å². The van der Waals surface area contributed by atoms with Gasteiger partial charge in [-0.2, -0.15) is 0 Å². The molecule has 1 atom stereocenters. The van der Waals surface area contributed by atoms with Gasteiger partial charge in [0, 0.05) is 24.6 Å². The van der Waals surface area contributed by atoms with Gasteiger partial charge in [0.1, 0.15) is 0 Å². The Hall–Kier alpha value is -2.21. The molecule has 1 aromatic heterocycles. The summed E-state index contributed by atoms with van der Waals surface area (Å²) in [5, 5.41) is 20.1. The minimum Gasteiger partial charge on any atom is -0.421 e. The minimum absolute atomic E-state index is 0.105. The molecule has 2 aromatic rings. The lowest BCUT2D eigenvalue weighted by atomic mass is 10.1. The number of hydrogen-bond donors (Lipinski definition) is 2. The van der Waals surface area contributed by atoms with E-state index in [1.807, 2.05) is 13.8 Å². The predicted molar refractivity (Wildman–Crippen MR) is 77.6 cm³/mol. The van der Waals surface area contributed by atoms with Crippen molar-refractivity contribution in [3.63, 3.8) is 0 Å². The van der Waals surface area contributed by atoms with Crippen LogP contribution in [-0.2, 0) is 0 Å². The summed E-state index contributed by atoms with van der Waals surface area (Å²) < 4.78 is 5.32. The standard InChI is InChI=1S/C15H19N3O3/c1-9(2)13(19)8-16-14(20)11-4-6-12(7-5-11)15-18-17-10(3)21-15/h4-7,9,13,19H,8H2,1-3H3,(H,16,20). The van der Waals surface area contributed by atoms with Crippen molar-refractivity contribution >= 4 is 5.91 Å². The number of nitrogens with one attached hydrogen (secondary N) is 1. The number of aliphatic hydroxyl groups excluding tert-OH is 1. The van der Waals surface area contributed by atoms with Crippen LogP contribution in [0.25, 0.3) is 11.5 Å². The van der Waals surface area contributed by atoms with E-state index in [0.29, 0.717) is 17.3 Å². The van der Waals surface area contributed by atoms with Gasteiger partial charge in [-0.1, -0.05) is 13.8 Å². The molecule has 2 N–H and O–H groups in total. The topological polar surface area (TPSA) is 88.2 Å². The van der Waals surface area contributed by atoms with Gasteiger partial charge in [0.05, 0.1) is 6.10 Å². The van der Waals surface area contributed by atoms with Gasteiger partial charge in [0.15, 0.2) is 0 Å². The second-order valence-corrected chi connectivity index (χ2v) is 5.22. The average Bonchev–Trinajstić information content (AvgIpc) is 2.91. The lowest BCUT2D eigenvalue weighted by Gasteiger charge is -2.15. The van der Waals surface area contributed by atoms with Crippen molar-refractivity contribution in [3.8, 4) is 11.5 Å². The molecule has 0 radical (unpaired) electrons. The fourth-order valence-corrected chi connectivity index (χ4v) is 1.71. The highest BCUT2D eigenvalue weighted by molar-refractivity contribution is 5.94. The molecular weight excluding hydrogens is 270 g/mol. The number of benzene rings is 1. The van der Waals surface area contributed by atoms with Crippen molar-refractivity contribution < 1.29 is 14.3 Å². The summed E-state index contributed by atoms with van der Waals surface area (Å²) in [4.78, 5) is 12.0. The van der Waals surface area contributed by atoms with E-state index in [9.17, 15) is 9.90 Å². The third kappa shape index (κ3) is 3.88. The molecule has 0 bridgehead atoms. The Morgan fingerprint density at radius 2 is 1.95 bits per heavy atom. The van der Waals surface area contributed by atoms with Gasteiger partial charge in [-0.05, 0) is 30.2 Å². The maximum Gasteiger partial charge on any atom is 0.251 e. The number of aromatic nitrogens is 2. The summed E-state index contributed by atoms with van der Waals surface area (Å²) >= 11 is 0. The summed E-state index contributed by atoms with van der Waals surface area (Å²) in [7, 11) is 0. The largest absolute Gasteiger partial charge is 0.421 e. The third-order valence-electron chi connectivity index (χ3n) is 3.16. The van der Waals surface area contributed by atoms with Crippen molar-refractivity contribution in [3.05, 3.63) is 35.7 Å². The van der Waals surface area contributed by atoms with Crippen LogP contribution in [0.2, 0.25) is 0 Å². The van der Waals surface area contributed by atoms with Crippen LogP contribution in [-0.4, -0.2) is 33.9 Å². The van der Waals surface area contributed by atoms with Gasteiger partial charge >= 0.3 is 0 Å². The number of rotatable bonds is 5. The van der Waals surface area contributed by atoms with Gasteiger partial charge in [0.25, 0.3) is 5.91 Å². The molecule has 0 aliphatic carbocycles. The van der Waals surface area contributed by atoms with Crippen molar-refractivity contribution in [2.24, 2.45) is 5.92 Å². The van der Waals surface area contributed by atoms with Crippen molar-refractivity contribution in [1.29, 1.82) is 0 Å². The lowest BCUT2D eigenvalue weighted by Crippen LogP contribution is -2.34. The summed E-state index contributed by atoms with van der Waals surface area (Å²) in [5.41, 5.74) is 1.28.